The molecule has 1 atom stereocenters. The molecular formula is C13H16N4O3. The van der Waals surface area contributed by atoms with E-state index >= 15 is 0 Å². The highest BCUT2D eigenvalue weighted by molar-refractivity contribution is 5.97. The Labute approximate surface area is 115 Å². The molecule has 2 heterocycles. The minimum absolute atomic E-state index is 0.372. The van der Waals surface area contributed by atoms with Crippen LogP contribution < -0.4 is 5.32 Å². The molecule has 0 saturated heterocycles. The molecule has 0 saturated carbocycles. The van der Waals surface area contributed by atoms with E-state index in [-0.39, 0.29) is 5.91 Å². The Morgan fingerprint density at radius 1 is 1.40 bits per heavy atom. The van der Waals surface area contributed by atoms with Gasteiger partial charge in [-0.15, -0.1) is 0 Å². The average Bonchev–Trinajstić information content (AvgIpc) is 2.79. The second-order valence-electron chi connectivity index (χ2n) is 4.53. The molecule has 1 amide bonds. The molecule has 0 radical (unpaired) electrons. The molecule has 20 heavy (non-hydrogen) atoms. The lowest BCUT2D eigenvalue weighted by Gasteiger charge is -2.12. The topological polar surface area (TPSA) is 85.6 Å². The van der Waals surface area contributed by atoms with Crippen molar-refractivity contribution >= 4 is 17.5 Å². The molecule has 0 aromatic carbocycles. The first-order valence-electron chi connectivity index (χ1n) is 6.14. The number of ether oxygens (including phenoxy) is 1. The molecule has 0 spiro atoms. The summed E-state index contributed by atoms with van der Waals surface area (Å²) < 4.78 is 6.17. The van der Waals surface area contributed by atoms with Gasteiger partial charge in [-0.2, -0.15) is 5.10 Å². The Balaban J connectivity index is 2.30. The van der Waals surface area contributed by atoms with Gasteiger partial charge in [-0.25, -0.2) is 14.3 Å². The van der Waals surface area contributed by atoms with Crippen LogP contribution in [0.1, 0.15) is 28.7 Å². The highest BCUT2D eigenvalue weighted by atomic mass is 16.5. The number of carbonyl (C=O) groups is 2. The Bertz CT molecular complexity index is 678. The van der Waals surface area contributed by atoms with Crippen LogP contribution in [0.4, 0.5) is 0 Å². The van der Waals surface area contributed by atoms with E-state index in [1.807, 2.05) is 13.0 Å². The average molecular weight is 276 g/mol. The van der Waals surface area contributed by atoms with Crippen LogP contribution in [0.2, 0.25) is 0 Å². The van der Waals surface area contributed by atoms with Crippen LogP contribution in [0.5, 0.6) is 0 Å². The molecule has 1 N–H and O–H groups in total. The molecule has 1 unspecified atom stereocenters. The number of methoxy groups -OCH3 is 1. The van der Waals surface area contributed by atoms with Crippen molar-refractivity contribution in [3.63, 3.8) is 0 Å². The summed E-state index contributed by atoms with van der Waals surface area (Å²) in [5.74, 6) is -0.886. The first kappa shape index (κ1) is 14.0. The molecule has 7 heteroatoms. The van der Waals surface area contributed by atoms with Crippen molar-refractivity contribution in [1.82, 2.24) is 19.9 Å². The van der Waals surface area contributed by atoms with Gasteiger partial charge in [0, 0.05) is 12.3 Å². The number of nitrogens with zero attached hydrogens (tertiary/aromatic N) is 3. The molecule has 0 fully saturated rings. The number of rotatable bonds is 3. The summed E-state index contributed by atoms with van der Waals surface area (Å²) in [4.78, 5) is 27.6. The van der Waals surface area contributed by atoms with Gasteiger partial charge >= 0.3 is 5.97 Å². The fourth-order valence-corrected chi connectivity index (χ4v) is 1.90. The predicted octanol–water partition coefficient (Wildman–Crippen LogP) is 0.637. The number of nitrogens with one attached hydrogen (secondary N) is 1. The molecule has 0 aliphatic heterocycles. The van der Waals surface area contributed by atoms with E-state index in [0.29, 0.717) is 16.9 Å². The fourth-order valence-electron chi connectivity index (χ4n) is 1.90. The molecule has 0 aliphatic rings. The normalized spacial score (nSPS) is 12.2. The second kappa shape index (κ2) is 5.28. The maximum atomic E-state index is 12.1. The lowest BCUT2D eigenvalue weighted by molar-refractivity contribution is -0.142. The van der Waals surface area contributed by atoms with Crippen LogP contribution in [0, 0.1) is 13.8 Å². The van der Waals surface area contributed by atoms with Gasteiger partial charge in [-0.05, 0) is 20.8 Å². The Morgan fingerprint density at radius 2 is 2.10 bits per heavy atom. The van der Waals surface area contributed by atoms with Gasteiger partial charge in [0.05, 0.1) is 24.1 Å². The first-order valence-corrected chi connectivity index (χ1v) is 6.14. The smallest absolute Gasteiger partial charge is 0.328 e. The Kier molecular flexibility index (Phi) is 3.69. The third kappa shape index (κ3) is 2.47. The standard InChI is InChI=1S/C13H16N4O3/c1-7-5-11-14-6-10(9(3)17(11)16-7)12(18)15-8(2)13(19)20-4/h5-6,8H,1-4H3,(H,15,18). The number of amides is 1. The minimum Gasteiger partial charge on any atom is -0.467 e. The van der Waals surface area contributed by atoms with Gasteiger partial charge in [-0.1, -0.05) is 0 Å². The summed E-state index contributed by atoms with van der Waals surface area (Å²) in [6, 6.07) is 1.10. The fraction of sp³-hybridized carbons (Fsp3) is 0.385. The lowest BCUT2D eigenvalue weighted by atomic mass is 10.2. The van der Waals surface area contributed by atoms with Crippen LogP contribution >= 0.6 is 0 Å². The monoisotopic (exact) mass is 276 g/mol. The van der Waals surface area contributed by atoms with Crippen molar-refractivity contribution in [2.24, 2.45) is 0 Å². The summed E-state index contributed by atoms with van der Waals surface area (Å²) in [6.07, 6.45) is 1.48. The maximum Gasteiger partial charge on any atom is 0.328 e. The van der Waals surface area contributed by atoms with Gasteiger partial charge in [0.15, 0.2) is 5.65 Å². The van der Waals surface area contributed by atoms with E-state index < -0.39 is 12.0 Å². The maximum absolute atomic E-state index is 12.1. The van der Waals surface area contributed by atoms with E-state index in [4.69, 9.17) is 0 Å². The third-order valence-electron chi connectivity index (χ3n) is 2.99. The van der Waals surface area contributed by atoms with Crippen molar-refractivity contribution in [1.29, 1.82) is 0 Å². The number of carbonyl (C=O) groups excluding carboxylic acids is 2. The van der Waals surface area contributed by atoms with Crippen molar-refractivity contribution in [3.05, 3.63) is 29.2 Å². The Morgan fingerprint density at radius 3 is 2.75 bits per heavy atom. The van der Waals surface area contributed by atoms with Gasteiger partial charge in [0.25, 0.3) is 5.91 Å². The molecule has 2 aromatic heterocycles. The number of hydrogen-bond acceptors (Lipinski definition) is 5. The van der Waals surface area contributed by atoms with Crippen LogP contribution in [0.25, 0.3) is 5.65 Å². The summed E-state index contributed by atoms with van der Waals surface area (Å²) in [5.41, 5.74) is 2.53. The summed E-state index contributed by atoms with van der Waals surface area (Å²) in [5, 5.41) is 6.83. The number of esters is 1. The quantitative estimate of drug-likeness (QED) is 0.831. The number of aromatic nitrogens is 3. The molecular weight excluding hydrogens is 260 g/mol. The number of aryl methyl sites for hydroxylation is 2. The van der Waals surface area contributed by atoms with Gasteiger partial charge in [-0.3, -0.25) is 4.79 Å². The highest BCUT2D eigenvalue weighted by Gasteiger charge is 2.19. The molecule has 0 bridgehead atoms. The van der Waals surface area contributed by atoms with Crippen molar-refractivity contribution in [2.45, 2.75) is 26.8 Å². The Hall–Kier alpha value is -2.44. The van der Waals surface area contributed by atoms with E-state index in [1.54, 1.807) is 18.4 Å². The zero-order chi connectivity index (χ0) is 14.9. The van der Waals surface area contributed by atoms with Gasteiger partial charge in [0.2, 0.25) is 0 Å². The lowest BCUT2D eigenvalue weighted by Crippen LogP contribution is -2.39. The number of hydrogen-bond donors (Lipinski definition) is 1. The molecule has 2 aromatic rings. The van der Waals surface area contributed by atoms with E-state index in [9.17, 15) is 9.59 Å². The zero-order valence-corrected chi connectivity index (χ0v) is 11.8. The van der Waals surface area contributed by atoms with Crippen molar-refractivity contribution in [2.75, 3.05) is 7.11 Å². The molecule has 2 rings (SSSR count). The highest BCUT2D eigenvalue weighted by Crippen LogP contribution is 2.11. The van der Waals surface area contributed by atoms with E-state index in [0.717, 1.165) is 5.69 Å². The largest absolute Gasteiger partial charge is 0.467 e. The third-order valence-corrected chi connectivity index (χ3v) is 2.99. The zero-order valence-electron chi connectivity index (χ0n) is 11.8. The van der Waals surface area contributed by atoms with Crippen LogP contribution in [-0.4, -0.2) is 39.6 Å². The number of fused-ring (bicyclic) bond motifs is 1. The van der Waals surface area contributed by atoms with E-state index in [2.05, 4.69) is 20.1 Å². The summed E-state index contributed by atoms with van der Waals surface area (Å²) in [7, 11) is 1.27. The van der Waals surface area contributed by atoms with Gasteiger partial charge in [0.1, 0.15) is 6.04 Å². The second-order valence-corrected chi connectivity index (χ2v) is 4.53. The van der Waals surface area contributed by atoms with Crippen LogP contribution in [0.15, 0.2) is 12.3 Å². The predicted molar refractivity (Wildman–Crippen MR) is 71.4 cm³/mol. The van der Waals surface area contributed by atoms with Gasteiger partial charge < -0.3 is 10.1 Å². The molecule has 106 valence electrons. The molecule has 0 aliphatic carbocycles. The summed E-state index contributed by atoms with van der Waals surface area (Å²) in [6.45, 7) is 5.19. The SMILES string of the molecule is COC(=O)C(C)NC(=O)c1cnc2cc(C)nn2c1C. The minimum atomic E-state index is -0.720. The van der Waals surface area contributed by atoms with Crippen LogP contribution in [0.3, 0.4) is 0 Å². The van der Waals surface area contributed by atoms with Crippen molar-refractivity contribution < 1.29 is 14.3 Å². The van der Waals surface area contributed by atoms with Crippen molar-refractivity contribution in [3.8, 4) is 0 Å². The van der Waals surface area contributed by atoms with Crippen LogP contribution in [-0.2, 0) is 9.53 Å². The molecule has 7 nitrogen and oxygen atoms in total. The van der Waals surface area contributed by atoms with E-state index in [1.165, 1.54) is 13.3 Å². The summed E-state index contributed by atoms with van der Waals surface area (Å²) >= 11 is 0. The first-order chi connectivity index (χ1) is 9.43.